The summed E-state index contributed by atoms with van der Waals surface area (Å²) >= 11 is 6.08. The molecular weight excluding hydrogens is 340 g/mol. The highest BCUT2D eigenvalue weighted by atomic mass is 35.5. The average molecular weight is 355 g/mol. The maximum atomic E-state index is 12.6. The number of hydrogen-bond acceptors (Lipinski definition) is 4. The lowest BCUT2D eigenvalue weighted by Crippen LogP contribution is -2.28. The van der Waals surface area contributed by atoms with Crippen molar-refractivity contribution >= 4 is 17.5 Å². The Morgan fingerprint density at radius 3 is 2.88 bits per heavy atom. The van der Waals surface area contributed by atoms with E-state index in [-0.39, 0.29) is 18.0 Å². The predicted octanol–water partition coefficient (Wildman–Crippen LogP) is 3.77. The van der Waals surface area contributed by atoms with Crippen molar-refractivity contribution in [2.45, 2.75) is 6.42 Å². The minimum Gasteiger partial charge on any atom is -0.463 e. The number of carbonyl (C=O) groups excluding carboxylic acids is 1. The number of benzene rings is 1. The maximum Gasteiger partial charge on any atom is 0.274 e. The van der Waals surface area contributed by atoms with Gasteiger partial charge in [-0.3, -0.25) is 4.79 Å². The number of halogens is 1. The molecule has 0 N–H and O–H groups in total. The Kier molecular flexibility index (Phi) is 4.87. The van der Waals surface area contributed by atoms with Crippen LogP contribution in [0.5, 0.6) is 0 Å². The van der Waals surface area contributed by atoms with Crippen LogP contribution in [0.25, 0.3) is 17.1 Å². The molecule has 0 spiro atoms. The maximum absolute atomic E-state index is 12.6. The molecule has 1 aromatic carbocycles. The lowest BCUT2D eigenvalue weighted by Gasteiger charge is -2.13. The quantitative estimate of drug-likeness (QED) is 0.699. The summed E-state index contributed by atoms with van der Waals surface area (Å²) in [5.41, 5.74) is 1.63. The molecule has 0 bridgehead atoms. The fraction of sp³-hybridized carbons (Fsp3) is 0.167. The number of nitriles is 1. The average Bonchev–Trinajstić information content (AvgIpc) is 3.28. The van der Waals surface area contributed by atoms with Crippen molar-refractivity contribution in [3.63, 3.8) is 0 Å². The van der Waals surface area contributed by atoms with Crippen molar-refractivity contribution in [3.8, 4) is 23.2 Å². The first-order valence-electron chi connectivity index (χ1n) is 7.62. The molecule has 0 radical (unpaired) electrons. The van der Waals surface area contributed by atoms with Crippen LogP contribution in [0.4, 0.5) is 0 Å². The van der Waals surface area contributed by atoms with Crippen molar-refractivity contribution in [1.29, 1.82) is 5.26 Å². The number of hydrogen-bond donors (Lipinski definition) is 0. The second kappa shape index (κ2) is 7.24. The first kappa shape index (κ1) is 16.8. The Labute approximate surface area is 149 Å². The highest BCUT2D eigenvalue weighted by molar-refractivity contribution is 6.30. The van der Waals surface area contributed by atoms with Gasteiger partial charge in [0.1, 0.15) is 5.69 Å². The fourth-order valence-corrected chi connectivity index (χ4v) is 2.59. The molecule has 3 aromatic rings. The van der Waals surface area contributed by atoms with E-state index in [1.165, 1.54) is 4.90 Å². The van der Waals surface area contributed by atoms with E-state index >= 15 is 0 Å². The van der Waals surface area contributed by atoms with Crippen molar-refractivity contribution < 1.29 is 9.21 Å². The van der Waals surface area contributed by atoms with Gasteiger partial charge in [-0.2, -0.15) is 10.4 Å². The molecule has 0 aliphatic heterocycles. The van der Waals surface area contributed by atoms with Crippen LogP contribution in [-0.2, 0) is 0 Å². The van der Waals surface area contributed by atoms with Gasteiger partial charge in [0.05, 0.1) is 24.4 Å². The number of nitrogens with zero attached hydrogens (tertiary/aromatic N) is 4. The Bertz CT molecular complexity index is 925. The first-order valence-corrected chi connectivity index (χ1v) is 8.00. The lowest BCUT2D eigenvalue weighted by molar-refractivity contribution is 0.0792. The monoisotopic (exact) mass is 354 g/mol. The van der Waals surface area contributed by atoms with Gasteiger partial charge in [-0.25, -0.2) is 4.68 Å². The molecule has 0 saturated heterocycles. The zero-order valence-corrected chi connectivity index (χ0v) is 14.3. The van der Waals surface area contributed by atoms with E-state index in [4.69, 9.17) is 21.3 Å². The molecule has 0 saturated carbocycles. The van der Waals surface area contributed by atoms with Gasteiger partial charge in [0.15, 0.2) is 11.5 Å². The molecule has 3 rings (SSSR count). The van der Waals surface area contributed by atoms with E-state index in [1.807, 2.05) is 18.2 Å². The smallest absolute Gasteiger partial charge is 0.274 e. The molecule has 1 amide bonds. The minimum atomic E-state index is -0.260. The number of aromatic nitrogens is 2. The van der Waals surface area contributed by atoms with Crippen LogP contribution >= 0.6 is 11.6 Å². The van der Waals surface area contributed by atoms with E-state index in [9.17, 15) is 4.79 Å². The topological polar surface area (TPSA) is 75.1 Å². The molecule has 0 fully saturated rings. The molecule has 0 aliphatic carbocycles. The summed E-state index contributed by atoms with van der Waals surface area (Å²) in [5, 5.41) is 13.7. The van der Waals surface area contributed by atoms with Crippen LogP contribution in [0.1, 0.15) is 16.9 Å². The second-order valence-electron chi connectivity index (χ2n) is 5.42. The minimum absolute atomic E-state index is 0.260. The third-order valence-electron chi connectivity index (χ3n) is 3.66. The third kappa shape index (κ3) is 3.57. The van der Waals surface area contributed by atoms with E-state index < -0.39 is 0 Å². The molecule has 7 heteroatoms. The standard InChI is InChI=1S/C18H15ClN4O2/c1-22(9-4-8-20)18(24)15-12-16(17-7-3-10-25-17)23(21-15)14-6-2-5-13(19)11-14/h2-3,5-7,10-12H,4,9H2,1H3. The van der Waals surface area contributed by atoms with Gasteiger partial charge in [-0.05, 0) is 30.3 Å². The normalized spacial score (nSPS) is 10.4. The molecule has 0 aliphatic rings. The van der Waals surface area contributed by atoms with Crippen LogP contribution in [0, 0.1) is 11.3 Å². The Hall–Kier alpha value is -3.04. The van der Waals surface area contributed by atoms with E-state index in [2.05, 4.69) is 5.10 Å². The van der Waals surface area contributed by atoms with Crippen molar-refractivity contribution in [1.82, 2.24) is 14.7 Å². The molecule has 2 heterocycles. The van der Waals surface area contributed by atoms with Gasteiger partial charge < -0.3 is 9.32 Å². The van der Waals surface area contributed by atoms with Crippen molar-refractivity contribution in [2.75, 3.05) is 13.6 Å². The van der Waals surface area contributed by atoms with Gasteiger partial charge in [0.25, 0.3) is 5.91 Å². The highest BCUT2D eigenvalue weighted by Crippen LogP contribution is 2.26. The van der Waals surface area contributed by atoms with E-state index in [1.54, 1.807) is 48.3 Å². The molecule has 2 aromatic heterocycles. The summed E-state index contributed by atoms with van der Waals surface area (Å²) in [6.45, 7) is 0.343. The Morgan fingerprint density at radius 2 is 2.20 bits per heavy atom. The number of furan rings is 1. The van der Waals surface area contributed by atoms with Gasteiger partial charge in [-0.15, -0.1) is 0 Å². The predicted molar refractivity (Wildman–Crippen MR) is 93.5 cm³/mol. The molecule has 126 valence electrons. The SMILES string of the molecule is CN(CCC#N)C(=O)c1cc(-c2ccco2)n(-c2cccc(Cl)c2)n1. The van der Waals surface area contributed by atoms with Gasteiger partial charge >= 0.3 is 0 Å². The first-order chi connectivity index (χ1) is 12.1. The molecule has 25 heavy (non-hydrogen) atoms. The lowest BCUT2D eigenvalue weighted by atomic mass is 10.2. The zero-order valence-electron chi connectivity index (χ0n) is 13.5. The fourth-order valence-electron chi connectivity index (χ4n) is 2.40. The third-order valence-corrected chi connectivity index (χ3v) is 3.90. The summed E-state index contributed by atoms with van der Waals surface area (Å²) in [6.07, 6.45) is 1.83. The Balaban J connectivity index is 2.04. The van der Waals surface area contributed by atoms with Crippen LogP contribution in [0.15, 0.2) is 53.1 Å². The highest BCUT2D eigenvalue weighted by Gasteiger charge is 2.20. The molecular formula is C18H15ClN4O2. The van der Waals surface area contributed by atoms with Crippen LogP contribution in [0.2, 0.25) is 5.02 Å². The summed E-state index contributed by atoms with van der Waals surface area (Å²) in [7, 11) is 1.64. The number of amides is 1. The molecule has 0 atom stereocenters. The van der Waals surface area contributed by atoms with Gasteiger partial charge in [0, 0.05) is 24.7 Å². The molecule has 0 unspecified atom stereocenters. The summed E-state index contributed by atoms with van der Waals surface area (Å²) in [6, 6.07) is 14.4. The van der Waals surface area contributed by atoms with Crippen LogP contribution < -0.4 is 0 Å². The second-order valence-corrected chi connectivity index (χ2v) is 5.86. The van der Waals surface area contributed by atoms with Crippen LogP contribution in [0.3, 0.4) is 0 Å². The van der Waals surface area contributed by atoms with Gasteiger partial charge in [0.2, 0.25) is 0 Å². The summed E-state index contributed by atoms with van der Waals surface area (Å²) < 4.78 is 7.09. The molecule has 6 nitrogen and oxygen atoms in total. The largest absolute Gasteiger partial charge is 0.463 e. The number of rotatable bonds is 5. The van der Waals surface area contributed by atoms with Crippen LogP contribution in [-0.4, -0.2) is 34.2 Å². The number of carbonyl (C=O) groups is 1. The Morgan fingerprint density at radius 1 is 1.36 bits per heavy atom. The van der Waals surface area contributed by atoms with E-state index in [0.29, 0.717) is 23.0 Å². The summed E-state index contributed by atoms with van der Waals surface area (Å²) in [5.74, 6) is 0.329. The van der Waals surface area contributed by atoms with E-state index in [0.717, 1.165) is 5.69 Å². The van der Waals surface area contributed by atoms with Crippen molar-refractivity contribution in [2.24, 2.45) is 0 Å². The van der Waals surface area contributed by atoms with Gasteiger partial charge in [-0.1, -0.05) is 17.7 Å². The zero-order chi connectivity index (χ0) is 17.8. The van der Waals surface area contributed by atoms with Crippen molar-refractivity contribution in [3.05, 3.63) is 59.4 Å². The summed E-state index contributed by atoms with van der Waals surface area (Å²) in [4.78, 5) is 14.0.